The molecule has 0 bridgehead atoms. The van der Waals surface area contributed by atoms with Crippen LogP contribution < -0.4 is 15.2 Å². The second kappa shape index (κ2) is 7.05. The summed E-state index contributed by atoms with van der Waals surface area (Å²) in [7, 11) is 3.18. The number of nitrogens with two attached hydrogens (primary N) is 1. The lowest BCUT2D eigenvalue weighted by atomic mass is 10.1. The van der Waals surface area contributed by atoms with E-state index in [9.17, 15) is 0 Å². The molecule has 0 aliphatic heterocycles. The Morgan fingerprint density at radius 1 is 1.24 bits per heavy atom. The number of hydrogen-bond donors (Lipinski definition) is 2. The minimum absolute atomic E-state index is 0.100. The van der Waals surface area contributed by atoms with Crippen LogP contribution in [-0.2, 0) is 13.1 Å². The number of aromatic nitrogens is 3. The quantitative estimate of drug-likeness (QED) is 0.784. The van der Waals surface area contributed by atoms with Gasteiger partial charge in [-0.25, -0.2) is 4.68 Å². The Kier molecular flexibility index (Phi) is 5.13. The van der Waals surface area contributed by atoms with E-state index in [2.05, 4.69) is 10.3 Å². The van der Waals surface area contributed by atoms with E-state index in [-0.39, 0.29) is 6.61 Å². The molecule has 0 amide bonds. The average Bonchev–Trinajstić information content (AvgIpc) is 2.95. The first-order valence-corrected chi connectivity index (χ1v) is 6.70. The number of aliphatic hydroxyl groups excluding tert-OH is 1. The van der Waals surface area contributed by atoms with Crippen molar-refractivity contribution in [2.45, 2.75) is 19.5 Å². The Morgan fingerprint density at radius 2 is 2.00 bits per heavy atom. The fraction of sp³-hybridized carbons (Fsp3) is 0.429. The van der Waals surface area contributed by atoms with Crippen molar-refractivity contribution in [3.63, 3.8) is 0 Å². The first-order chi connectivity index (χ1) is 10.2. The maximum atomic E-state index is 8.98. The molecule has 1 heterocycles. The Balaban J connectivity index is 2.46. The molecule has 7 nitrogen and oxygen atoms in total. The van der Waals surface area contributed by atoms with Crippen molar-refractivity contribution in [1.29, 1.82) is 0 Å². The van der Waals surface area contributed by atoms with Crippen LogP contribution in [0, 0.1) is 0 Å². The predicted molar refractivity (Wildman–Crippen MR) is 78.2 cm³/mol. The fourth-order valence-corrected chi connectivity index (χ4v) is 2.16. The van der Waals surface area contributed by atoms with Gasteiger partial charge in [-0.1, -0.05) is 5.21 Å². The zero-order valence-corrected chi connectivity index (χ0v) is 12.2. The van der Waals surface area contributed by atoms with Crippen molar-refractivity contribution in [3.05, 3.63) is 23.9 Å². The molecule has 3 N–H and O–H groups in total. The fourth-order valence-electron chi connectivity index (χ4n) is 2.16. The van der Waals surface area contributed by atoms with E-state index >= 15 is 0 Å². The summed E-state index contributed by atoms with van der Waals surface area (Å²) in [4.78, 5) is 0. The third kappa shape index (κ3) is 3.14. The number of aliphatic hydroxyl groups is 1. The topological polar surface area (TPSA) is 95.4 Å². The Bertz CT molecular complexity index is 598. The second-order valence-corrected chi connectivity index (χ2v) is 4.46. The molecule has 1 aromatic carbocycles. The zero-order chi connectivity index (χ0) is 15.2. The monoisotopic (exact) mass is 292 g/mol. The molecule has 0 fully saturated rings. The Morgan fingerprint density at radius 3 is 2.62 bits per heavy atom. The summed E-state index contributed by atoms with van der Waals surface area (Å²) < 4.78 is 12.3. The maximum Gasteiger partial charge on any atom is 0.161 e. The number of benzene rings is 1. The first-order valence-electron chi connectivity index (χ1n) is 6.70. The van der Waals surface area contributed by atoms with E-state index in [1.165, 1.54) is 0 Å². The van der Waals surface area contributed by atoms with E-state index in [1.54, 1.807) is 18.9 Å². The molecule has 2 aromatic rings. The summed E-state index contributed by atoms with van der Waals surface area (Å²) in [6, 6.07) is 5.61. The van der Waals surface area contributed by atoms with Crippen LogP contribution in [0.25, 0.3) is 11.3 Å². The average molecular weight is 292 g/mol. The van der Waals surface area contributed by atoms with Crippen LogP contribution in [0.5, 0.6) is 11.5 Å². The largest absolute Gasteiger partial charge is 0.493 e. The molecule has 7 heteroatoms. The molecule has 0 saturated heterocycles. The third-order valence-electron chi connectivity index (χ3n) is 3.18. The molecule has 0 radical (unpaired) electrons. The molecular formula is C14H20N4O3. The summed E-state index contributed by atoms with van der Waals surface area (Å²) in [5.74, 6) is 1.29. The van der Waals surface area contributed by atoms with E-state index < -0.39 is 0 Å². The molecule has 0 atom stereocenters. The summed E-state index contributed by atoms with van der Waals surface area (Å²) in [6.45, 7) is 0.971. The van der Waals surface area contributed by atoms with Gasteiger partial charge in [0.15, 0.2) is 11.5 Å². The third-order valence-corrected chi connectivity index (χ3v) is 3.18. The summed E-state index contributed by atoms with van der Waals surface area (Å²) in [5, 5.41) is 17.2. The number of hydrogen-bond acceptors (Lipinski definition) is 6. The van der Waals surface area contributed by atoms with Crippen LogP contribution in [-0.4, -0.2) is 40.9 Å². The minimum atomic E-state index is 0.100. The highest BCUT2D eigenvalue weighted by Crippen LogP contribution is 2.33. The van der Waals surface area contributed by atoms with E-state index in [4.69, 9.17) is 20.3 Å². The van der Waals surface area contributed by atoms with Gasteiger partial charge in [-0.3, -0.25) is 0 Å². The molecule has 2 rings (SSSR count). The smallest absolute Gasteiger partial charge is 0.161 e. The molecule has 0 unspecified atom stereocenters. The Hall–Kier alpha value is -2.12. The number of methoxy groups -OCH3 is 2. The van der Waals surface area contributed by atoms with Gasteiger partial charge in [0.1, 0.15) is 5.69 Å². The van der Waals surface area contributed by atoms with E-state index in [0.717, 1.165) is 11.3 Å². The molecule has 0 saturated carbocycles. The van der Waals surface area contributed by atoms with Crippen LogP contribution >= 0.6 is 0 Å². The van der Waals surface area contributed by atoms with Crippen molar-refractivity contribution in [3.8, 4) is 22.8 Å². The van der Waals surface area contributed by atoms with E-state index in [0.29, 0.717) is 36.7 Å². The Labute approximate surface area is 123 Å². The van der Waals surface area contributed by atoms with Crippen molar-refractivity contribution in [2.24, 2.45) is 5.73 Å². The number of ether oxygens (including phenoxy) is 2. The van der Waals surface area contributed by atoms with Crippen LogP contribution in [0.3, 0.4) is 0 Å². The molecule has 21 heavy (non-hydrogen) atoms. The minimum Gasteiger partial charge on any atom is -0.493 e. The van der Waals surface area contributed by atoms with Crippen LogP contribution in [0.15, 0.2) is 18.2 Å². The highest BCUT2D eigenvalue weighted by Gasteiger charge is 2.16. The highest BCUT2D eigenvalue weighted by molar-refractivity contribution is 5.66. The molecule has 0 aliphatic rings. The number of aryl methyl sites for hydroxylation is 1. The summed E-state index contributed by atoms with van der Waals surface area (Å²) in [5.41, 5.74) is 8.18. The molecule has 0 aliphatic carbocycles. The number of nitrogens with zero attached hydrogens (tertiary/aromatic N) is 3. The standard InChI is InChI=1S/C14H20N4O3/c1-20-12-5-4-10(8-13(12)21-2)14-11(9-15)16-17-18(14)6-3-7-19/h4-5,8,19H,3,6-7,9,15H2,1-2H3. The van der Waals surface area contributed by atoms with Crippen molar-refractivity contribution in [2.75, 3.05) is 20.8 Å². The molecular weight excluding hydrogens is 272 g/mol. The van der Waals surface area contributed by atoms with E-state index in [1.807, 2.05) is 18.2 Å². The van der Waals surface area contributed by atoms with Gasteiger partial charge in [-0.15, -0.1) is 5.10 Å². The van der Waals surface area contributed by atoms with Gasteiger partial charge in [0.05, 0.1) is 19.9 Å². The van der Waals surface area contributed by atoms with Crippen LogP contribution in [0.4, 0.5) is 0 Å². The van der Waals surface area contributed by atoms with Crippen molar-refractivity contribution >= 4 is 0 Å². The predicted octanol–water partition coefficient (Wildman–Crippen LogP) is 0.803. The van der Waals surface area contributed by atoms with Gasteiger partial charge in [-0.05, 0) is 24.6 Å². The van der Waals surface area contributed by atoms with Crippen LogP contribution in [0.2, 0.25) is 0 Å². The van der Waals surface area contributed by atoms with Crippen molar-refractivity contribution in [1.82, 2.24) is 15.0 Å². The molecule has 1 aromatic heterocycles. The van der Waals surface area contributed by atoms with Crippen LogP contribution in [0.1, 0.15) is 12.1 Å². The summed E-state index contributed by atoms with van der Waals surface area (Å²) >= 11 is 0. The van der Waals surface area contributed by atoms with Gasteiger partial charge in [0.25, 0.3) is 0 Å². The van der Waals surface area contributed by atoms with Crippen molar-refractivity contribution < 1.29 is 14.6 Å². The zero-order valence-electron chi connectivity index (χ0n) is 12.2. The molecule has 114 valence electrons. The van der Waals surface area contributed by atoms with Gasteiger partial charge in [-0.2, -0.15) is 0 Å². The van der Waals surface area contributed by atoms with Gasteiger partial charge >= 0.3 is 0 Å². The highest BCUT2D eigenvalue weighted by atomic mass is 16.5. The summed E-state index contributed by atoms with van der Waals surface area (Å²) in [6.07, 6.45) is 0.605. The maximum absolute atomic E-state index is 8.98. The van der Waals surface area contributed by atoms with Gasteiger partial charge < -0.3 is 20.3 Å². The number of rotatable bonds is 7. The van der Waals surface area contributed by atoms with Gasteiger partial charge in [0.2, 0.25) is 0 Å². The normalized spacial score (nSPS) is 10.7. The SMILES string of the molecule is COc1ccc(-c2c(CN)nnn2CCCO)cc1OC. The first kappa shape index (κ1) is 15.3. The lowest BCUT2D eigenvalue weighted by Gasteiger charge is -2.11. The van der Waals surface area contributed by atoms with Gasteiger partial charge in [0, 0.05) is 25.3 Å². The second-order valence-electron chi connectivity index (χ2n) is 4.46. The molecule has 0 spiro atoms. The lowest BCUT2D eigenvalue weighted by Crippen LogP contribution is -2.06. The lowest BCUT2D eigenvalue weighted by molar-refractivity contribution is 0.276.